The smallest absolute Gasteiger partial charge is 0.0667 e. The molecule has 0 spiro atoms. The van der Waals surface area contributed by atoms with E-state index in [1.54, 1.807) is 0 Å². The van der Waals surface area contributed by atoms with E-state index in [4.69, 9.17) is 5.11 Å². The second-order valence-electron chi connectivity index (χ2n) is 2.82. The molecule has 1 rings (SSSR count). The largest absolute Gasteiger partial charge is 0.392 e. The van der Waals surface area contributed by atoms with Crippen molar-refractivity contribution in [3.8, 4) is 0 Å². The van der Waals surface area contributed by atoms with Crippen LogP contribution in [0.3, 0.4) is 0 Å². The molecule has 0 unspecified atom stereocenters. The minimum absolute atomic E-state index is 0.0938. The Labute approximate surface area is 56.3 Å². The molecule has 0 aromatic heterocycles. The zero-order valence-electron chi connectivity index (χ0n) is 5.93. The average Bonchev–Trinajstić information content (AvgIpc) is 1.88. The van der Waals surface area contributed by atoms with Crippen molar-refractivity contribution in [1.82, 2.24) is 5.32 Å². The van der Waals surface area contributed by atoms with Crippen LogP contribution in [0, 0.1) is 5.92 Å². The summed E-state index contributed by atoms with van der Waals surface area (Å²) >= 11 is 0. The van der Waals surface area contributed by atoms with E-state index in [1.807, 2.05) is 0 Å². The van der Waals surface area contributed by atoms with Crippen molar-refractivity contribution in [2.45, 2.75) is 25.9 Å². The van der Waals surface area contributed by atoms with Gasteiger partial charge in [0.25, 0.3) is 0 Å². The van der Waals surface area contributed by atoms with Gasteiger partial charge in [0.1, 0.15) is 0 Å². The summed E-state index contributed by atoms with van der Waals surface area (Å²) in [6.07, 6.45) is 2.08. The second kappa shape index (κ2) is 3.18. The Morgan fingerprint density at radius 3 is 2.78 bits per heavy atom. The molecule has 2 nitrogen and oxygen atoms in total. The molecule has 2 heteroatoms. The van der Waals surface area contributed by atoms with E-state index < -0.39 is 0 Å². The lowest BCUT2D eigenvalue weighted by atomic mass is 9.95. The number of piperidine rings is 1. The predicted octanol–water partition coefficient (Wildman–Crippen LogP) is 0.367. The number of hydrogen-bond donors (Lipinski definition) is 2. The average molecular weight is 129 g/mol. The molecule has 0 saturated carbocycles. The van der Waals surface area contributed by atoms with E-state index in [2.05, 4.69) is 12.2 Å². The lowest BCUT2D eigenvalue weighted by Crippen LogP contribution is -2.38. The van der Waals surface area contributed by atoms with Crippen LogP contribution in [0.2, 0.25) is 0 Å². The van der Waals surface area contributed by atoms with Crippen molar-refractivity contribution in [3.63, 3.8) is 0 Å². The van der Waals surface area contributed by atoms with Gasteiger partial charge in [-0.3, -0.25) is 0 Å². The third kappa shape index (κ3) is 1.95. The number of aliphatic hydroxyl groups excluding tert-OH is 1. The lowest BCUT2D eigenvalue weighted by Gasteiger charge is -2.25. The van der Waals surface area contributed by atoms with Gasteiger partial charge < -0.3 is 10.4 Å². The van der Waals surface area contributed by atoms with Gasteiger partial charge in [0, 0.05) is 6.54 Å². The Hall–Kier alpha value is -0.0800. The molecule has 1 aliphatic rings. The fourth-order valence-electron chi connectivity index (χ4n) is 1.32. The van der Waals surface area contributed by atoms with Crippen molar-refractivity contribution in [1.29, 1.82) is 0 Å². The van der Waals surface area contributed by atoms with Crippen molar-refractivity contribution in [2.24, 2.45) is 5.92 Å². The third-order valence-corrected chi connectivity index (χ3v) is 2.00. The van der Waals surface area contributed by atoms with Crippen LogP contribution in [0.25, 0.3) is 0 Å². The number of nitrogens with one attached hydrogen (secondary N) is 1. The predicted molar refractivity (Wildman–Crippen MR) is 37.3 cm³/mol. The summed E-state index contributed by atoms with van der Waals surface area (Å²) in [6, 6.07) is 0. The highest BCUT2D eigenvalue weighted by Crippen LogP contribution is 2.12. The number of aliphatic hydroxyl groups is 1. The molecule has 1 aliphatic heterocycles. The van der Waals surface area contributed by atoms with Gasteiger partial charge in [-0.25, -0.2) is 0 Å². The number of β-amino-alcohol motifs (C(OH)–C–C–N with tert-alkyl or cyclic N) is 1. The molecule has 0 radical (unpaired) electrons. The molecular formula is C7H15NO. The van der Waals surface area contributed by atoms with Gasteiger partial charge in [0.2, 0.25) is 0 Å². The van der Waals surface area contributed by atoms with Crippen LogP contribution in [-0.4, -0.2) is 24.3 Å². The summed E-state index contributed by atoms with van der Waals surface area (Å²) in [6.45, 7) is 4.05. The molecule has 2 atom stereocenters. The van der Waals surface area contributed by atoms with Gasteiger partial charge in [0.15, 0.2) is 0 Å². The fraction of sp³-hybridized carbons (Fsp3) is 1.00. The minimum Gasteiger partial charge on any atom is -0.392 e. The van der Waals surface area contributed by atoms with Gasteiger partial charge >= 0.3 is 0 Å². The van der Waals surface area contributed by atoms with Crippen LogP contribution in [0.4, 0.5) is 0 Å². The minimum atomic E-state index is -0.0938. The highest BCUT2D eigenvalue weighted by atomic mass is 16.3. The lowest BCUT2D eigenvalue weighted by molar-refractivity contribution is 0.113. The summed E-state index contributed by atoms with van der Waals surface area (Å²) in [5, 5.41) is 12.3. The molecular weight excluding hydrogens is 114 g/mol. The Kier molecular flexibility index (Phi) is 2.49. The van der Waals surface area contributed by atoms with E-state index in [9.17, 15) is 0 Å². The maximum atomic E-state index is 9.15. The van der Waals surface area contributed by atoms with E-state index in [-0.39, 0.29) is 6.10 Å². The summed E-state index contributed by atoms with van der Waals surface area (Å²) in [4.78, 5) is 0. The third-order valence-electron chi connectivity index (χ3n) is 2.00. The quantitative estimate of drug-likeness (QED) is 0.536. The van der Waals surface area contributed by atoms with Crippen molar-refractivity contribution in [2.75, 3.05) is 13.1 Å². The molecule has 1 saturated heterocycles. The Bertz CT molecular complexity index is 85.0. The molecule has 54 valence electrons. The maximum Gasteiger partial charge on any atom is 0.0667 e. The summed E-state index contributed by atoms with van der Waals surface area (Å²) < 4.78 is 0. The Morgan fingerprint density at radius 1 is 1.56 bits per heavy atom. The Morgan fingerprint density at radius 2 is 2.33 bits per heavy atom. The van der Waals surface area contributed by atoms with Crippen LogP contribution in [0.15, 0.2) is 0 Å². The molecule has 1 heterocycles. The summed E-state index contributed by atoms with van der Waals surface area (Å²) in [7, 11) is 0. The normalized spacial score (nSPS) is 36.7. The van der Waals surface area contributed by atoms with Crippen molar-refractivity contribution < 1.29 is 5.11 Å². The molecule has 9 heavy (non-hydrogen) atoms. The monoisotopic (exact) mass is 129 g/mol. The summed E-state index contributed by atoms with van der Waals surface area (Å²) in [5.41, 5.74) is 0. The molecule has 1 fully saturated rings. The zero-order valence-corrected chi connectivity index (χ0v) is 5.93. The number of hydrogen-bond acceptors (Lipinski definition) is 2. The first-order valence-electron chi connectivity index (χ1n) is 3.71. The van der Waals surface area contributed by atoms with Crippen molar-refractivity contribution in [3.05, 3.63) is 0 Å². The molecule has 0 aromatic rings. The van der Waals surface area contributed by atoms with Gasteiger partial charge in [0.05, 0.1) is 6.10 Å². The van der Waals surface area contributed by atoms with Crippen LogP contribution in [0.1, 0.15) is 19.8 Å². The second-order valence-corrected chi connectivity index (χ2v) is 2.82. The van der Waals surface area contributed by atoms with E-state index in [0.717, 1.165) is 19.5 Å². The first-order chi connectivity index (χ1) is 4.33. The van der Waals surface area contributed by atoms with Crippen LogP contribution >= 0.6 is 0 Å². The van der Waals surface area contributed by atoms with Gasteiger partial charge in [-0.05, 0) is 18.9 Å². The van der Waals surface area contributed by atoms with Crippen LogP contribution in [-0.2, 0) is 0 Å². The first kappa shape index (κ1) is 7.03. The van der Waals surface area contributed by atoms with Crippen LogP contribution in [0.5, 0.6) is 0 Å². The highest BCUT2D eigenvalue weighted by Gasteiger charge is 2.17. The molecule has 0 amide bonds. The standard InChI is InChI=1S/C7H15NO/c1-2-6-3-7(9)5-8-4-6/h6-9H,2-5H2,1H3/t6-,7-/m1/s1. The molecule has 2 N–H and O–H groups in total. The number of rotatable bonds is 1. The van der Waals surface area contributed by atoms with Crippen molar-refractivity contribution >= 4 is 0 Å². The Balaban J connectivity index is 2.23. The van der Waals surface area contributed by atoms with Gasteiger partial charge in [-0.1, -0.05) is 13.3 Å². The highest BCUT2D eigenvalue weighted by molar-refractivity contribution is 4.73. The first-order valence-corrected chi connectivity index (χ1v) is 3.71. The molecule has 0 aromatic carbocycles. The molecule has 0 bridgehead atoms. The van der Waals surface area contributed by atoms with Gasteiger partial charge in [-0.15, -0.1) is 0 Å². The van der Waals surface area contributed by atoms with Crippen LogP contribution < -0.4 is 5.32 Å². The SMILES string of the molecule is CC[C@H]1CNC[C@H](O)C1. The fourth-order valence-corrected chi connectivity index (χ4v) is 1.32. The maximum absolute atomic E-state index is 9.15. The molecule has 0 aliphatic carbocycles. The van der Waals surface area contributed by atoms with E-state index in [1.165, 1.54) is 6.42 Å². The summed E-state index contributed by atoms with van der Waals surface area (Å²) in [5.74, 6) is 0.703. The zero-order chi connectivity index (χ0) is 6.69. The van der Waals surface area contributed by atoms with E-state index >= 15 is 0 Å². The van der Waals surface area contributed by atoms with E-state index in [0.29, 0.717) is 5.92 Å². The van der Waals surface area contributed by atoms with Gasteiger partial charge in [-0.2, -0.15) is 0 Å². The topological polar surface area (TPSA) is 32.3 Å².